The molecule has 0 atom stereocenters. The van der Waals surface area contributed by atoms with Crippen molar-refractivity contribution in [3.63, 3.8) is 0 Å². The summed E-state index contributed by atoms with van der Waals surface area (Å²) in [6.07, 6.45) is 2.66. The fourth-order valence-electron chi connectivity index (χ4n) is 3.23. The maximum absolute atomic E-state index is 14.5. The fraction of sp³-hybridized carbons (Fsp3) is 0.294. The van der Waals surface area contributed by atoms with Gasteiger partial charge in [-0.3, -0.25) is 4.40 Å². The molecule has 0 fully saturated rings. The van der Waals surface area contributed by atoms with Gasteiger partial charge in [-0.25, -0.2) is 14.4 Å². The highest BCUT2D eigenvalue weighted by Gasteiger charge is 2.23. The lowest BCUT2D eigenvalue weighted by atomic mass is 9.99. The molecule has 0 aliphatic carbocycles. The van der Waals surface area contributed by atoms with E-state index in [1.807, 2.05) is 0 Å². The standard InChI is InChI=1S/C17H17FN4O2/c1-23-9-13-14(22-16(21-13)4-6-20-17(22)19)8-11-10-5-7-24-15(10)3-2-12(11)18/h2-4,6H,5,7-9H2,1H3,(H2,19,20). The summed E-state index contributed by atoms with van der Waals surface area (Å²) >= 11 is 0. The van der Waals surface area contributed by atoms with Crippen molar-refractivity contribution in [2.45, 2.75) is 19.4 Å². The third-order valence-corrected chi connectivity index (χ3v) is 4.31. The predicted molar refractivity (Wildman–Crippen MR) is 86.5 cm³/mol. The van der Waals surface area contributed by atoms with E-state index in [0.717, 1.165) is 22.7 Å². The van der Waals surface area contributed by atoms with Crippen LogP contribution in [-0.4, -0.2) is 28.1 Å². The lowest BCUT2D eigenvalue weighted by Gasteiger charge is -2.11. The van der Waals surface area contributed by atoms with Crippen molar-refractivity contribution < 1.29 is 13.9 Å². The van der Waals surface area contributed by atoms with Gasteiger partial charge in [0.2, 0.25) is 5.95 Å². The molecule has 0 spiro atoms. The predicted octanol–water partition coefficient (Wildman–Crippen LogP) is 2.12. The van der Waals surface area contributed by atoms with E-state index >= 15 is 0 Å². The largest absolute Gasteiger partial charge is 0.493 e. The highest BCUT2D eigenvalue weighted by molar-refractivity contribution is 5.51. The van der Waals surface area contributed by atoms with E-state index in [1.165, 1.54) is 6.07 Å². The van der Waals surface area contributed by atoms with Gasteiger partial charge in [0.05, 0.1) is 24.6 Å². The lowest BCUT2D eigenvalue weighted by molar-refractivity contribution is 0.181. The zero-order valence-electron chi connectivity index (χ0n) is 13.3. The quantitative estimate of drug-likeness (QED) is 0.794. The Morgan fingerprint density at radius 2 is 2.25 bits per heavy atom. The summed E-state index contributed by atoms with van der Waals surface area (Å²) in [6, 6.07) is 4.90. The molecule has 0 bridgehead atoms. The number of nitrogens with zero attached hydrogens (tertiary/aromatic N) is 3. The molecular formula is C17H17FN4O2. The zero-order chi connectivity index (χ0) is 16.7. The molecule has 1 aliphatic rings. The van der Waals surface area contributed by atoms with Crippen molar-refractivity contribution in [3.05, 3.63) is 52.7 Å². The first-order valence-corrected chi connectivity index (χ1v) is 7.71. The molecule has 0 amide bonds. The first kappa shape index (κ1) is 14.9. The molecule has 1 aliphatic heterocycles. The molecule has 0 saturated heterocycles. The molecule has 1 aromatic carbocycles. The van der Waals surface area contributed by atoms with E-state index in [-0.39, 0.29) is 5.82 Å². The van der Waals surface area contributed by atoms with Crippen LogP contribution in [0.2, 0.25) is 0 Å². The number of nitrogen functional groups attached to an aromatic ring is 1. The van der Waals surface area contributed by atoms with Crippen LogP contribution in [0.4, 0.5) is 10.3 Å². The van der Waals surface area contributed by atoms with Crippen molar-refractivity contribution in [1.82, 2.24) is 14.4 Å². The van der Waals surface area contributed by atoms with Gasteiger partial charge in [0, 0.05) is 37.3 Å². The summed E-state index contributed by atoms with van der Waals surface area (Å²) in [5.74, 6) is 0.821. The summed E-state index contributed by atoms with van der Waals surface area (Å²) in [6.45, 7) is 0.900. The van der Waals surface area contributed by atoms with E-state index in [1.54, 1.807) is 29.8 Å². The number of imidazole rings is 1. The van der Waals surface area contributed by atoms with Crippen LogP contribution in [0.5, 0.6) is 5.75 Å². The number of aromatic nitrogens is 3. The van der Waals surface area contributed by atoms with Crippen LogP contribution in [0.25, 0.3) is 5.65 Å². The Bertz CT molecular complexity index is 923. The summed E-state index contributed by atoms with van der Waals surface area (Å²) in [4.78, 5) is 8.67. The van der Waals surface area contributed by atoms with Gasteiger partial charge in [-0.05, 0) is 18.2 Å². The molecule has 7 heteroatoms. The van der Waals surface area contributed by atoms with Crippen molar-refractivity contribution >= 4 is 11.6 Å². The molecule has 0 radical (unpaired) electrons. The van der Waals surface area contributed by atoms with Gasteiger partial charge in [0.25, 0.3) is 0 Å². The summed E-state index contributed by atoms with van der Waals surface area (Å²) in [7, 11) is 1.60. The van der Waals surface area contributed by atoms with Gasteiger partial charge in [-0.2, -0.15) is 0 Å². The number of methoxy groups -OCH3 is 1. The minimum absolute atomic E-state index is 0.250. The van der Waals surface area contributed by atoms with Gasteiger partial charge < -0.3 is 15.2 Å². The molecule has 6 nitrogen and oxygen atoms in total. The fourth-order valence-corrected chi connectivity index (χ4v) is 3.23. The number of anilines is 1. The summed E-state index contributed by atoms with van der Waals surface area (Å²) in [5.41, 5.74) is 9.75. The number of hydrogen-bond donors (Lipinski definition) is 1. The normalized spacial score (nSPS) is 13.2. The summed E-state index contributed by atoms with van der Waals surface area (Å²) < 4.78 is 27.0. The number of nitrogens with two attached hydrogens (primary N) is 1. The molecule has 3 aromatic rings. The SMILES string of the molecule is COCc1nc2ccnc(N)n2c1Cc1c(F)ccc2c1CCO2. The smallest absolute Gasteiger partial charge is 0.206 e. The Labute approximate surface area is 138 Å². The average Bonchev–Trinajstić information content (AvgIpc) is 3.16. The Hall–Kier alpha value is -2.67. The van der Waals surface area contributed by atoms with Crippen molar-refractivity contribution in [3.8, 4) is 5.75 Å². The van der Waals surface area contributed by atoms with Crippen LogP contribution in [0.15, 0.2) is 24.4 Å². The Kier molecular flexibility index (Phi) is 3.57. The van der Waals surface area contributed by atoms with Crippen molar-refractivity contribution in [1.29, 1.82) is 0 Å². The lowest BCUT2D eigenvalue weighted by Crippen LogP contribution is -2.07. The van der Waals surface area contributed by atoms with Crippen molar-refractivity contribution in [2.75, 3.05) is 19.5 Å². The van der Waals surface area contributed by atoms with E-state index in [9.17, 15) is 4.39 Å². The van der Waals surface area contributed by atoms with Crippen LogP contribution in [-0.2, 0) is 24.2 Å². The molecule has 2 aromatic heterocycles. The Balaban J connectivity index is 1.89. The second kappa shape index (κ2) is 5.76. The molecule has 4 rings (SSSR count). The molecule has 0 unspecified atom stereocenters. The first-order valence-electron chi connectivity index (χ1n) is 7.71. The third kappa shape index (κ3) is 2.28. The van der Waals surface area contributed by atoms with Crippen LogP contribution in [0, 0.1) is 5.82 Å². The number of ether oxygens (including phenoxy) is 2. The molecule has 124 valence electrons. The topological polar surface area (TPSA) is 74.7 Å². The zero-order valence-corrected chi connectivity index (χ0v) is 13.3. The number of rotatable bonds is 4. The van der Waals surface area contributed by atoms with Crippen LogP contribution >= 0.6 is 0 Å². The third-order valence-electron chi connectivity index (χ3n) is 4.31. The van der Waals surface area contributed by atoms with Gasteiger partial charge in [-0.15, -0.1) is 0 Å². The Morgan fingerprint density at radius 1 is 1.38 bits per heavy atom. The second-order valence-electron chi connectivity index (χ2n) is 5.71. The van der Waals surface area contributed by atoms with Crippen LogP contribution in [0.1, 0.15) is 22.5 Å². The van der Waals surface area contributed by atoms with Gasteiger partial charge in [0.1, 0.15) is 17.2 Å². The average molecular weight is 328 g/mol. The molecule has 2 N–H and O–H groups in total. The van der Waals surface area contributed by atoms with E-state index in [4.69, 9.17) is 15.2 Å². The maximum Gasteiger partial charge on any atom is 0.206 e. The number of fused-ring (bicyclic) bond motifs is 2. The van der Waals surface area contributed by atoms with E-state index in [0.29, 0.717) is 43.2 Å². The van der Waals surface area contributed by atoms with E-state index in [2.05, 4.69) is 9.97 Å². The number of hydrogen-bond acceptors (Lipinski definition) is 5. The first-order chi connectivity index (χ1) is 11.7. The highest BCUT2D eigenvalue weighted by atomic mass is 19.1. The van der Waals surface area contributed by atoms with Crippen LogP contribution < -0.4 is 10.5 Å². The minimum Gasteiger partial charge on any atom is -0.493 e. The number of benzene rings is 1. The Morgan fingerprint density at radius 3 is 3.08 bits per heavy atom. The molecule has 3 heterocycles. The maximum atomic E-state index is 14.5. The minimum atomic E-state index is -0.250. The van der Waals surface area contributed by atoms with Gasteiger partial charge in [-0.1, -0.05) is 0 Å². The number of halogens is 1. The van der Waals surface area contributed by atoms with Gasteiger partial charge in [0.15, 0.2) is 0 Å². The van der Waals surface area contributed by atoms with Crippen molar-refractivity contribution in [2.24, 2.45) is 0 Å². The molecule has 24 heavy (non-hydrogen) atoms. The monoisotopic (exact) mass is 328 g/mol. The summed E-state index contributed by atoms with van der Waals surface area (Å²) in [5, 5.41) is 0. The van der Waals surface area contributed by atoms with Crippen LogP contribution in [0.3, 0.4) is 0 Å². The highest BCUT2D eigenvalue weighted by Crippen LogP contribution is 2.32. The molecular weight excluding hydrogens is 311 g/mol. The van der Waals surface area contributed by atoms with Gasteiger partial charge >= 0.3 is 0 Å². The van der Waals surface area contributed by atoms with E-state index < -0.39 is 0 Å². The second-order valence-corrected chi connectivity index (χ2v) is 5.71. The molecule has 0 saturated carbocycles.